The Balaban J connectivity index is 2.40. The minimum Gasteiger partial charge on any atom is -0.507 e. The minimum atomic E-state index is -4.41. The normalized spacial score (nSPS) is 11.3. The van der Waals surface area contributed by atoms with Gasteiger partial charge in [-0.3, -0.25) is 0 Å². The zero-order valence-corrected chi connectivity index (χ0v) is 12.1. The molecule has 0 atom stereocenters. The molecule has 0 saturated carbocycles. The molecule has 0 aliphatic rings. The summed E-state index contributed by atoms with van der Waals surface area (Å²) in [5.74, 6) is -1.66. The van der Waals surface area contributed by atoms with E-state index in [9.17, 15) is 23.1 Å². The van der Waals surface area contributed by atoms with E-state index in [-0.39, 0.29) is 11.3 Å². The Bertz CT molecular complexity index is 712. The molecule has 2 N–H and O–H groups in total. The monoisotopic (exact) mass is 325 g/mol. The van der Waals surface area contributed by atoms with Crippen molar-refractivity contribution >= 4 is 17.3 Å². The van der Waals surface area contributed by atoms with Gasteiger partial charge in [-0.25, -0.2) is 4.79 Å². The summed E-state index contributed by atoms with van der Waals surface area (Å²) in [6, 6.07) is 8.60. The minimum absolute atomic E-state index is 0.270. The van der Waals surface area contributed by atoms with Crippen LogP contribution in [0.1, 0.15) is 22.8 Å². The second-order valence-electron chi connectivity index (χ2n) is 4.80. The number of aromatic hydroxyl groups is 1. The summed E-state index contributed by atoms with van der Waals surface area (Å²) < 4.78 is 37.8. The molecule has 2 aromatic carbocycles. The van der Waals surface area contributed by atoms with E-state index in [1.165, 1.54) is 30.3 Å². The number of carboxylic acids is 1. The van der Waals surface area contributed by atoms with Crippen LogP contribution in [-0.4, -0.2) is 22.7 Å². The smallest absolute Gasteiger partial charge is 0.416 e. The lowest BCUT2D eigenvalue weighted by atomic mass is 10.1. The van der Waals surface area contributed by atoms with Gasteiger partial charge in [-0.15, -0.1) is 0 Å². The molecule has 23 heavy (non-hydrogen) atoms. The highest BCUT2D eigenvalue weighted by molar-refractivity contribution is 5.92. The molecule has 0 unspecified atom stereocenters. The van der Waals surface area contributed by atoms with Crippen LogP contribution < -0.4 is 4.90 Å². The van der Waals surface area contributed by atoms with Crippen molar-refractivity contribution < 1.29 is 28.2 Å². The Morgan fingerprint density at radius 3 is 2.13 bits per heavy atom. The molecule has 0 aromatic heterocycles. The van der Waals surface area contributed by atoms with Gasteiger partial charge in [0.15, 0.2) is 0 Å². The summed E-state index contributed by atoms with van der Waals surface area (Å²) in [7, 11) is 0. The molecule has 2 rings (SSSR count). The number of phenols is 1. The fraction of sp³-hybridized carbons (Fsp3) is 0.188. The topological polar surface area (TPSA) is 60.8 Å². The Kier molecular flexibility index (Phi) is 4.49. The summed E-state index contributed by atoms with van der Waals surface area (Å²) in [4.78, 5) is 12.7. The Morgan fingerprint density at radius 2 is 1.65 bits per heavy atom. The number of hydrogen-bond acceptors (Lipinski definition) is 3. The van der Waals surface area contributed by atoms with E-state index in [1.807, 2.05) is 0 Å². The number of carboxylic acid groups (broad SMARTS) is 1. The van der Waals surface area contributed by atoms with E-state index < -0.39 is 17.7 Å². The molecule has 0 heterocycles. The second-order valence-corrected chi connectivity index (χ2v) is 4.80. The predicted molar refractivity (Wildman–Crippen MR) is 79.2 cm³/mol. The molecular formula is C16H14F3NO3. The zero-order valence-electron chi connectivity index (χ0n) is 12.1. The number of nitrogens with zero attached hydrogens (tertiary/aromatic N) is 1. The van der Waals surface area contributed by atoms with E-state index in [2.05, 4.69) is 0 Å². The third kappa shape index (κ3) is 3.56. The average Bonchev–Trinajstić information content (AvgIpc) is 2.49. The number of benzene rings is 2. The third-order valence-corrected chi connectivity index (χ3v) is 3.34. The van der Waals surface area contributed by atoms with Gasteiger partial charge in [-0.05, 0) is 49.4 Å². The number of alkyl halides is 3. The van der Waals surface area contributed by atoms with Crippen molar-refractivity contribution in [3.63, 3.8) is 0 Å². The fourth-order valence-electron chi connectivity index (χ4n) is 2.21. The van der Waals surface area contributed by atoms with Crippen LogP contribution in [0, 0.1) is 0 Å². The molecule has 0 radical (unpaired) electrons. The van der Waals surface area contributed by atoms with Crippen molar-refractivity contribution in [1.29, 1.82) is 0 Å². The lowest BCUT2D eigenvalue weighted by molar-refractivity contribution is -0.137. The summed E-state index contributed by atoms with van der Waals surface area (Å²) in [6.45, 7) is 2.19. The number of hydrogen-bond donors (Lipinski definition) is 2. The molecule has 122 valence electrons. The van der Waals surface area contributed by atoms with Gasteiger partial charge in [0.1, 0.15) is 11.3 Å². The highest BCUT2D eigenvalue weighted by atomic mass is 19.4. The van der Waals surface area contributed by atoms with Crippen molar-refractivity contribution in [1.82, 2.24) is 0 Å². The molecule has 4 nitrogen and oxygen atoms in total. The molecule has 0 saturated heterocycles. The number of carbonyl (C=O) groups is 1. The third-order valence-electron chi connectivity index (χ3n) is 3.34. The maximum atomic E-state index is 12.6. The van der Waals surface area contributed by atoms with E-state index in [0.717, 1.165) is 12.1 Å². The van der Waals surface area contributed by atoms with Crippen LogP contribution in [0.2, 0.25) is 0 Å². The first-order chi connectivity index (χ1) is 10.7. The molecule has 0 spiro atoms. The van der Waals surface area contributed by atoms with E-state index in [0.29, 0.717) is 17.9 Å². The number of aromatic carboxylic acids is 1. The van der Waals surface area contributed by atoms with Gasteiger partial charge in [0.05, 0.1) is 5.56 Å². The number of halogens is 3. The number of rotatable bonds is 4. The van der Waals surface area contributed by atoms with Crippen molar-refractivity contribution in [2.45, 2.75) is 13.1 Å². The lowest BCUT2D eigenvalue weighted by Crippen LogP contribution is -2.17. The first-order valence-corrected chi connectivity index (χ1v) is 6.75. The molecule has 0 aliphatic heterocycles. The maximum absolute atomic E-state index is 12.6. The summed E-state index contributed by atoms with van der Waals surface area (Å²) in [5, 5.41) is 18.6. The standard InChI is InChI=1S/C16H14F3NO3/c1-2-20(11-5-3-10(4-6-11)16(17,18)19)12-7-8-14(21)13(9-12)15(22)23/h3-9,21H,2H2,1H3,(H,22,23). The van der Waals surface area contributed by atoms with Gasteiger partial charge in [0, 0.05) is 17.9 Å². The Morgan fingerprint density at radius 1 is 1.09 bits per heavy atom. The van der Waals surface area contributed by atoms with Gasteiger partial charge in [0.25, 0.3) is 0 Å². The second kappa shape index (κ2) is 6.20. The predicted octanol–water partition coefficient (Wildman–Crippen LogP) is 4.27. The van der Waals surface area contributed by atoms with Crippen LogP contribution in [-0.2, 0) is 6.18 Å². The van der Waals surface area contributed by atoms with Crippen LogP contribution in [0.25, 0.3) is 0 Å². The Hall–Kier alpha value is -2.70. The first kappa shape index (κ1) is 16.7. The summed E-state index contributed by atoms with van der Waals surface area (Å²) in [5.41, 5.74) is -0.0768. The van der Waals surface area contributed by atoms with Gasteiger partial charge >= 0.3 is 12.1 Å². The fourth-order valence-corrected chi connectivity index (χ4v) is 2.21. The molecular weight excluding hydrogens is 311 g/mol. The largest absolute Gasteiger partial charge is 0.507 e. The van der Waals surface area contributed by atoms with Crippen LogP contribution in [0.5, 0.6) is 5.75 Å². The van der Waals surface area contributed by atoms with Crippen LogP contribution in [0.15, 0.2) is 42.5 Å². The quantitative estimate of drug-likeness (QED) is 0.881. The van der Waals surface area contributed by atoms with Gasteiger partial charge in [-0.2, -0.15) is 13.2 Å². The van der Waals surface area contributed by atoms with Gasteiger partial charge in [0.2, 0.25) is 0 Å². The molecule has 0 bridgehead atoms. The average molecular weight is 325 g/mol. The van der Waals surface area contributed by atoms with Crippen LogP contribution in [0.3, 0.4) is 0 Å². The van der Waals surface area contributed by atoms with Gasteiger partial charge < -0.3 is 15.1 Å². The molecule has 7 heteroatoms. The molecule has 0 fully saturated rings. The van der Waals surface area contributed by atoms with Crippen molar-refractivity contribution in [2.24, 2.45) is 0 Å². The summed E-state index contributed by atoms with van der Waals surface area (Å²) in [6.07, 6.45) is -4.41. The summed E-state index contributed by atoms with van der Waals surface area (Å²) >= 11 is 0. The van der Waals surface area contributed by atoms with Crippen LogP contribution >= 0.6 is 0 Å². The Labute approximate surface area is 130 Å². The number of anilines is 2. The highest BCUT2D eigenvalue weighted by Gasteiger charge is 2.30. The SMILES string of the molecule is CCN(c1ccc(C(F)(F)F)cc1)c1ccc(O)c(C(=O)O)c1. The van der Waals surface area contributed by atoms with Crippen molar-refractivity contribution in [3.8, 4) is 5.75 Å². The molecule has 0 aliphatic carbocycles. The van der Waals surface area contributed by atoms with Gasteiger partial charge in [-0.1, -0.05) is 0 Å². The van der Waals surface area contributed by atoms with E-state index in [1.54, 1.807) is 11.8 Å². The zero-order chi connectivity index (χ0) is 17.2. The van der Waals surface area contributed by atoms with Crippen molar-refractivity contribution in [3.05, 3.63) is 53.6 Å². The maximum Gasteiger partial charge on any atom is 0.416 e. The van der Waals surface area contributed by atoms with E-state index >= 15 is 0 Å². The van der Waals surface area contributed by atoms with Crippen molar-refractivity contribution in [2.75, 3.05) is 11.4 Å². The lowest BCUT2D eigenvalue weighted by Gasteiger charge is -2.24. The van der Waals surface area contributed by atoms with E-state index in [4.69, 9.17) is 5.11 Å². The first-order valence-electron chi connectivity index (χ1n) is 6.75. The molecule has 2 aromatic rings. The molecule has 0 amide bonds. The highest BCUT2D eigenvalue weighted by Crippen LogP contribution is 2.33. The van der Waals surface area contributed by atoms with Crippen LogP contribution in [0.4, 0.5) is 24.5 Å².